The Labute approximate surface area is 132 Å². The van der Waals surface area contributed by atoms with Gasteiger partial charge in [-0.15, -0.1) is 11.3 Å². The first-order chi connectivity index (χ1) is 10.1. The van der Waals surface area contributed by atoms with Gasteiger partial charge >= 0.3 is 0 Å². The van der Waals surface area contributed by atoms with Crippen molar-refractivity contribution in [3.8, 4) is 5.75 Å². The molecule has 0 aliphatic rings. The summed E-state index contributed by atoms with van der Waals surface area (Å²) in [6, 6.07) is 8.56. The van der Waals surface area contributed by atoms with Gasteiger partial charge in [-0.05, 0) is 60.0 Å². The van der Waals surface area contributed by atoms with Gasteiger partial charge in [-0.3, -0.25) is 0 Å². The van der Waals surface area contributed by atoms with Gasteiger partial charge in [0, 0.05) is 18.0 Å². The molecule has 0 atom stereocenters. The summed E-state index contributed by atoms with van der Waals surface area (Å²) < 4.78 is 5.81. The van der Waals surface area contributed by atoms with E-state index in [9.17, 15) is 0 Å². The van der Waals surface area contributed by atoms with E-state index in [0.717, 1.165) is 18.8 Å². The monoisotopic (exact) mass is 303 g/mol. The molecular formula is C18H25NOS. The Kier molecular flexibility index (Phi) is 5.83. The van der Waals surface area contributed by atoms with E-state index in [1.165, 1.54) is 21.6 Å². The highest BCUT2D eigenvalue weighted by atomic mass is 32.1. The zero-order valence-corrected chi connectivity index (χ0v) is 14.2. The van der Waals surface area contributed by atoms with E-state index in [0.29, 0.717) is 12.5 Å². The van der Waals surface area contributed by atoms with Crippen LogP contribution < -0.4 is 10.1 Å². The first-order valence-electron chi connectivity index (χ1n) is 7.55. The van der Waals surface area contributed by atoms with Crippen LogP contribution in [0.1, 0.15) is 41.3 Å². The largest absolute Gasteiger partial charge is 0.492 e. The van der Waals surface area contributed by atoms with Gasteiger partial charge in [0.1, 0.15) is 12.4 Å². The average Bonchev–Trinajstić information content (AvgIpc) is 2.83. The fraction of sp³-hybridized carbons (Fsp3) is 0.444. The average molecular weight is 303 g/mol. The van der Waals surface area contributed by atoms with Crippen LogP contribution in [0.15, 0.2) is 29.6 Å². The number of hydrogen-bond acceptors (Lipinski definition) is 3. The molecule has 3 heteroatoms. The van der Waals surface area contributed by atoms with Gasteiger partial charge in [0.15, 0.2) is 0 Å². The number of benzene rings is 1. The number of hydrogen-bond donors (Lipinski definition) is 1. The van der Waals surface area contributed by atoms with E-state index in [2.05, 4.69) is 62.7 Å². The predicted octanol–water partition coefficient (Wildman–Crippen LogP) is 4.66. The molecule has 21 heavy (non-hydrogen) atoms. The van der Waals surface area contributed by atoms with Crippen molar-refractivity contribution in [3.63, 3.8) is 0 Å². The Bertz CT molecular complexity index is 574. The molecule has 0 aliphatic carbocycles. The fourth-order valence-corrected chi connectivity index (χ4v) is 3.29. The molecule has 1 aromatic carbocycles. The zero-order valence-electron chi connectivity index (χ0n) is 13.4. The smallest absolute Gasteiger partial charge is 0.119 e. The van der Waals surface area contributed by atoms with E-state index in [1.54, 1.807) is 11.3 Å². The molecule has 2 nitrogen and oxygen atoms in total. The first-order valence-corrected chi connectivity index (χ1v) is 8.43. The molecule has 0 fully saturated rings. The Morgan fingerprint density at radius 2 is 1.95 bits per heavy atom. The van der Waals surface area contributed by atoms with Crippen LogP contribution in [0.3, 0.4) is 0 Å². The Morgan fingerprint density at radius 1 is 1.14 bits per heavy atom. The highest BCUT2D eigenvalue weighted by Crippen LogP contribution is 2.23. The van der Waals surface area contributed by atoms with Crippen LogP contribution in [0.4, 0.5) is 0 Å². The maximum Gasteiger partial charge on any atom is 0.119 e. The second kappa shape index (κ2) is 7.62. The highest BCUT2D eigenvalue weighted by molar-refractivity contribution is 7.10. The van der Waals surface area contributed by atoms with Gasteiger partial charge in [-0.2, -0.15) is 0 Å². The molecular weight excluding hydrogens is 278 g/mol. The van der Waals surface area contributed by atoms with E-state index in [4.69, 9.17) is 4.74 Å². The molecule has 1 heterocycles. The molecule has 0 spiro atoms. The third-order valence-corrected chi connectivity index (χ3v) is 4.69. The second-order valence-electron chi connectivity index (χ2n) is 5.73. The van der Waals surface area contributed by atoms with Crippen molar-refractivity contribution in [1.29, 1.82) is 0 Å². The summed E-state index contributed by atoms with van der Waals surface area (Å²) in [5.41, 5.74) is 4.08. The molecule has 1 aromatic heterocycles. The van der Waals surface area contributed by atoms with Gasteiger partial charge in [0.25, 0.3) is 0 Å². The number of aryl methyl sites for hydroxylation is 2. The van der Waals surface area contributed by atoms with Crippen molar-refractivity contribution >= 4 is 11.3 Å². The molecule has 0 saturated heterocycles. The van der Waals surface area contributed by atoms with Gasteiger partial charge in [0.2, 0.25) is 0 Å². The van der Waals surface area contributed by atoms with E-state index < -0.39 is 0 Å². The molecule has 0 radical (unpaired) electrons. The molecule has 0 unspecified atom stereocenters. The van der Waals surface area contributed by atoms with Crippen LogP contribution in [0.5, 0.6) is 5.75 Å². The normalized spacial score (nSPS) is 11.1. The minimum absolute atomic E-state index is 0.565. The quantitative estimate of drug-likeness (QED) is 0.751. The number of rotatable bonds is 7. The molecule has 0 saturated carbocycles. The van der Waals surface area contributed by atoms with E-state index >= 15 is 0 Å². The Morgan fingerprint density at radius 3 is 2.57 bits per heavy atom. The summed E-state index contributed by atoms with van der Waals surface area (Å²) in [4.78, 5) is 1.41. The van der Waals surface area contributed by atoms with Crippen LogP contribution in [0, 0.1) is 13.8 Å². The summed E-state index contributed by atoms with van der Waals surface area (Å²) in [6.45, 7) is 11.2. The lowest BCUT2D eigenvalue weighted by Crippen LogP contribution is -2.20. The standard InChI is InChI=1S/C18H25NOS/c1-13(2)17-6-5-16(11-15(17)4)20-9-8-19-12-18-14(3)7-10-21-18/h5-7,10-11,13,19H,8-9,12H2,1-4H3. The zero-order chi connectivity index (χ0) is 15.2. The lowest BCUT2D eigenvalue weighted by atomic mass is 9.98. The van der Waals surface area contributed by atoms with Gasteiger partial charge < -0.3 is 10.1 Å². The minimum atomic E-state index is 0.565. The van der Waals surface area contributed by atoms with Crippen molar-refractivity contribution in [2.75, 3.05) is 13.2 Å². The van der Waals surface area contributed by atoms with Crippen molar-refractivity contribution in [2.45, 2.75) is 40.2 Å². The third-order valence-electron chi connectivity index (χ3n) is 3.66. The molecule has 114 valence electrons. The molecule has 0 amide bonds. The Balaban J connectivity index is 1.74. The molecule has 0 bridgehead atoms. The summed E-state index contributed by atoms with van der Waals surface area (Å²) >= 11 is 1.81. The lowest BCUT2D eigenvalue weighted by Gasteiger charge is -2.12. The number of ether oxygens (including phenoxy) is 1. The number of nitrogens with one attached hydrogen (secondary N) is 1. The van der Waals surface area contributed by atoms with Gasteiger partial charge in [-0.1, -0.05) is 19.9 Å². The van der Waals surface area contributed by atoms with Crippen LogP contribution in [-0.2, 0) is 6.54 Å². The maximum atomic E-state index is 5.81. The van der Waals surface area contributed by atoms with Crippen molar-refractivity contribution < 1.29 is 4.74 Å². The minimum Gasteiger partial charge on any atom is -0.492 e. The summed E-state index contributed by atoms with van der Waals surface area (Å²) in [5, 5.41) is 5.57. The van der Waals surface area contributed by atoms with E-state index in [1.807, 2.05) is 0 Å². The lowest BCUT2D eigenvalue weighted by molar-refractivity contribution is 0.313. The topological polar surface area (TPSA) is 21.3 Å². The molecule has 2 aromatic rings. The number of thiophene rings is 1. The van der Waals surface area contributed by atoms with Crippen LogP contribution in [0.25, 0.3) is 0 Å². The maximum absolute atomic E-state index is 5.81. The third kappa shape index (κ3) is 4.58. The first kappa shape index (κ1) is 16.1. The molecule has 1 N–H and O–H groups in total. The summed E-state index contributed by atoms with van der Waals surface area (Å²) in [7, 11) is 0. The van der Waals surface area contributed by atoms with E-state index in [-0.39, 0.29) is 0 Å². The fourth-order valence-electron chi connectivity index (χ4n) is 2.41. The van der Waals surface area contributed by atoms with Crippen molar-refractivity contribution in [3.05, 3.63) is 51.2 Å². The SMILES string of the molecule is Cc1cc(OCCNCc2sccc2C)ccc1C(C)C. The highest BCUT2D eigenvalue weighted by Gasteiger charge is 2.04. The van der Waals surface area contributed by atoms with Crippen molar-refractivity contribution in [1.82, 2.24) is 5.32 Å². The van der Waals surface area contributed by atoms with Crippen LogP contribution >= 0.6 is 11.3 Å². The summed E-state index contributed by atoms with van der Waals surface area (Å²) in [6.07, 6.45) is 0. The second-order valence-corrected chi connectivity index (χ2v) is 6.73. The van der Waals surface area contributed by atoms with Gasteiger partial charge in [-0.25, -0.2) is 0 Å². The molecule has 2 rings (SSSR count). The van der Waals surface area contributed by atoms with Gasteiger partial charge in [0.05, 0.1) is 0 Å². The van der Waals surface area contributed by atoms with Crippen molar-refractivity contribution in [2.24, 2.45) is 0 Å². The Hall–Kier alpha value is -1.32. The predicted molar refractivity (Wildman–Crippen MR) is 91.5 cm³/mol. The van der Waals surface area contributed by atoms with Crippen LogP contribution in [0.2, 0.25) is 0 Å². The van der Waals surface area contributed by atoms with Crippen LogP contribution in [-0.4, -0.2) is 13.2 Å². The molecule has 0 aliphatic heterocycles. The summed E-state index contributed by atoms with van der Waals surface area (Å²) in [5.74, 6) is 1.53.